The standard InChI is InChI=1S/C13H20N2O.ClH/c1-11(14)8-9-13(16)15(2)10-12-6-4-3-5-7-12;/h3-7,11H,8-10,14H2,1-2H3;1H. The predicted molar refractivity (Wildman–Crippen MR) is 73.0 cm³/mol. The van der Waals surface area contributed by atoms with Crippen LogP contribution in [0.15, 0.2) is 30.3 Å². The molecule has 0 fully saturated rings. The molecule has 0 aliphatic carbocycles. The summed E-state index contributed by atoms with van der Waals surface area (Å²) in [6, 6.07) is 10.1. The number of amides is 1. The molecule has 0 aliphatic heterocycles. The summed E-state index contributed by atoms with van der Waals surface area (Å²) < 4.78 is 0. The minimum absolute atomic E-state index is 0. The summed E-state index contributed by atoms with van der Waals surface area (Å²) >= 11 is 0. The summed E-state index contributed by atoms with van der Waals surface area (Å²) in [5.74, 6) is 0.154. The van der Waals surface area contributed by atoms with Crippen LogP contribution >= 0.6 is 12.4 Å². The predicted octanol–water partition coefficient (Wildman–Crippen LogP) is 2.19. The van der Waals surface area contributed by atoms with Crippen molar-refractivity contribution in [2.45, 2.75) is 32.4 Å². The van der Waals surface area contributed by atoms with Crippen LogP contribution in [-0.2, 0) is 11.3 Å². The quantitative estimate of drug-likeness (QED) is 0.878. The molecule has 2 N–H and O–H groups in total. The van der Waals surface area contributed by atoms with Gasteiger partial charge in [0.2, 0.25) is 5.91 Å². The van der Waals surface area contributed by atoms with Gasteiger partial charge < -0.3 is 10.6 Å². The summed E-state index contributed by atoms with van der Waals surface area (Å²) in [5.41, 5.74) is 6.77. The van der Waals surface area contributed by atoms with Crippen molar-refractivity contribution < 1.29 is 4.79 Å². The SMILES string of the molecule is CC(N)CCC(=O)N(C)Cc1ccccc1.Cl. The number of nitrogens with zero attached hydrogens (tertiary/aromatic N) is 1. The molecule has 1 amide bonds. The third-order valence-electron chi connectivity index (χ3n) is 2.50. The highest BCUT2D eigenvalue weighted by Crippen LogP contribution is 2.05. The van der Waals surface area contributed by atoms with Crippen LogP contribution in [0, 0.1) is 0 Å². The molecular formula is C13H21ClN2O. The Labute approximate surface area is 109 Å². The lowest BCUT2D eigenvalue weighted by Crippen LogP contribution is -2.27. The summed E-state index contributed by atoms with van der Waals surface area (Å²) in [6.45, 7) is 2.59. The zero-order chi connectivity index (χ0) is 12.0. The van der Waals surface area contributed by atoms with Crippen LogP contribution in [0.4, 0.5) is 0 Å². The Morgan fingerprint density at radius 1 is 1.35 bits per heavy atom. The van der Waals surface area contributed by atoms with Gasteiger partial charge in [0.05, 0.1) is 0 Å². The fourth-order valence-electron chi connectivity index (χ4n) is 1.49. The monoisotopic (exact) mass is 256 g/mol. The normalized spacial score (nSPS) is 11.5. The maximum absolute atomic E-state index is 11.7. The molecule has 0 aliphatic rings. The third kappa shape index (κ3) is 6.29. The first-order valence-corrected chi connectivity index (χ1v) is 5.63. The number of hydrogen-bond donors (Lipinski definition) is 1. The van der Waals surface area contributed by atoms with Crippen molar-refractivity contribution in [3.8, 4) is 0 Å². The average molecular weight is 257 g/mol. The van der Waals surface area contributed by atoms with Crippen molar-refractivity contribution in [2.24, 2.45) is 5.73 Å². The molecule has 0 heterocycles. The van der Waals surface area contributed by atoms with Crippen LogP contribution in [0.2, 0.25) is 0 Å². The summed E-state index contributed by atoms with van der Waals surface area (Å²) in [4.78, 5) is 13.5. The van der Waals surface area contributed by atoms with E-state index in [0.29, 0.717) is 13.0 Å². The molecule has 0 radical (unpaired) electrons. The van der Waals surface area contributed by atoms with Crippen LogP contribution in [0.5, 0.6) is 0 Å². The molecule has 0 bridgehead atoms. The van der Waals surface area contributed by atoms with Crippen molar-refractivity contribution >= 4 is 18.3 Å². The first-order valence-electron chi connectivity index (χ1n) is 5.63. The van der Waals surface area contributed by atoms with E-state index in [-0.39, 0.29) is 24.4 Å². The van der Waals surface area contributed by atoms with Crippen LogP contribution < -0.4 is 5.73 Å². The van der Waals surface area contributed by atoms with Gasteiger partial charge in [-0.2, -0.15) is 0 Å². The summed E-state index contributed by atoms with van der Waals surface area (Å²) in [5, 5.41) is 0. The first kappa shape index (κ1) is 15.9. The average Bonchev–Trinajstić information content (AvgIpc) is 2.27. The lowest BCUT2D eigenvalue weighted by molar-refractivity contribution is -0.130. The highest BCUT2D eigenvalue weighted by Gasteiger charge is 2.09. The number of carbonyl (C=O) groups excluding carboxylic acids is 1. The van der Waals surface area contributed by atoms with Gasteiger partial charge in [-0.25, -0.2) is 0 Å². The molecule has 0 saturated heterocycles. The summed E-state index contributed by atoms with van der Waals surface area (Å²) in [6.07, 6.45) is 1.28. The molecule has 3 nitrogen and oxygen atoms in total. The Hall–Kier alpha value is -1.06. The van der Waals surface area contributed by atoms with Gasteiger partial charge in [0.1, 0.15) is 0 Å². The van der Waals surface area contributed by atoms with Gasteiger partial charge >= 0.3 is 0 Å². The fraction of sp³-hybridized carbons (Fsp3) is 0.462. The lowest BCUT2D eigenvalue weighted by atomic mass is 10.1. The van der Waals surface area contributed by atoms with Crippen molar-refractivity contribution in [3.63, 3.8) is 0 Å². The van der Waals surface area contributed by atoms with E-state index >= 15 is 0 Å². The zero-order valence-corrected chi connectivity index (χ0v) is 11.2. The highest BCUT2D eigenvalue weighted by atomic mass is 35.5. The smallest absolute Gasteiger partial charge is 0.222 e. The molecule has 0 saturated carbocycles. The van der Waals surface area contributed by atoms with E-state index in [1.54, 1.807) is 4.90 Å². The highest BCUT2D eigenvalue weighted by molar-refractivity contribution is 5.85. The Bertz CT molecular complexity index is 327. The van der Waals surface area contributed by atoms with Gasteiger partial charge in [0.15, 0.2) is 0 Å². The Balaban J connectivity index is 0.00000256. The van der Waals surface area contributed by atoms with Gasteiger partial charge in [0, 0.05) is 26.1 Å². The second-order valence-electron chi connectivity index (χ2n) is 4.25. The van der Waals surface area contributed by atoms with E-state index in [1.165, 1.54) is 0 Å². The Kier molecular flexibility index (Phi) is 7.59. The molecule has 4 heteroatoms. The number of carbonyl (C=O) groups is 1. The van der Waals surface area contributed by atoms with E-state index < -0.39 is 0 Å². The molecule has 1 rings (SSSR count). The number of hydrogen-bond acceptors (Lipinski definition) is 2. The van der Waals surface area contributed by atoms with E-state index in [4.69, 9.17) is 5.73 Å². The van der Waals surface area contributed by atoms with E-state index in [0.717, 1.165) is 12.0 Å². The molecule has 0 aromatic heterocycles. The van der Waals surface area contributed by atoms with Crippen molar-refractivity contribution in [3.05, 3.63) is 35.9 Å². The van der Waals surface area contributed by atoms with Crippen LogP contribution in [0.25, 0.3) is 0 Å². The van der Waals surface area contributed by atoms with Gasteiger partial charge in [0.25, 0.3) is 0 Å². The van der Waals surface area contributed by atoms with Crippen molar-refractivity contribution in [1.29, 1.82) is 0 Å². The molecule has 1 aromatic rings. The largest absolute Gasteiger partial charge is 0.341 e. The van der Waals surface area contributed by atoms with Crippen LogP contribution in [0.3, 0.4) is 0 Å². The minimum atomic E-state index is 0. The van der Waals surface area contributed by atoms with E-state index in [9.17, 15) is 4.79 Å². The zero-order valence-electron chi connectivity index (χ0n) is 10.4. The van der Waals surface area contributed by atoms with Crippen molar-refractivity contribution in [1.82, 2.24) is 4.90 Å². The Morgan fingerprint density at radius 2 is 1.94 bits per heavy atom. The fourth-order valence-corrected chi connectivity index (χ4v) is 1.49. The van der Waals surface area contributed by atoms with Crippen LogP contribution in [-0.4, -0.2) is 23.9 Å². The first-order chi connectivity index (χ1) is 7.59. The molecule has 1 aromatic carbocycles. The molecule has 0 spiro atoms. The third-order valence-corrected chi connectivity index (χ3v) is 2.50. The van der Waals surface area contributed by atoms with Crippen molar-refractivity contribution in [2.75, 3.05) is 7.05 Å². The van der Waals surface area contributed by atoms with E-state index in [2.05, 4.69) is 0 Å². The molecule has 1 unspecified atom stereocenters. The number of nitrogens with two attached hydrogens (primary N) is 1. The van der Waals surface area contributed by atoms with Gasteiger partial charge in [-0.1, -0.05) is 30.3 Å². The van der Waals surface area contributed by atoms with Gasteiger partial charge in [-0.15, -0.1) is 12.4 Å². The molecule has 1 atom stereocenters. The molecular weight excluding hydrogens is 236 g/mol. The number of rotatable bonds is 5. The topological polar surface area (TPSA) is 46.3 Å². The maximum atomic E-state index is 11.7. The number of benzene rings is 1. The number of halogens is 1. The van der Waals surface area contributed by atoms with Crippen LogP contribution in [0.1, 0.15) is 25.3 Å². The molecule has 17 heavy (non-hydrogen) atoms. The summed E-state index contributed by atoms with van der Waals surface area (Å²) in [7, 11) is 1.83. The minimum Gasteiger partial charge on any atom is -0.341 e. The second-order valence-corrected chi connectivity index (χ2v) is 4.25. The Morgan fingerprint density at radius 3 is 2.47 bits per heavy atom. The van der Waals surface area contributed by atoms with Gasteiger partial charge in [-0.3, -0.25) is 4.79 Å². The molecule has 96 valence electrons. The lowest BCUT2D eigenvalue weighted by Gasteiger charge is -2.17. The second kappa shape index (κ2) is 8.09. The maximum Gasteiger partial charge on any atom is 0.222 e. The van der Waals surface area contributed by atoms with Gasteiger partial charge in [-0.05, 0) is 18.9 Å². The van der Waals surface area contributed by atoms with E-state index in [1.807, 2.05) is 44.3 Å².